The van der Waals surface area contributed by atoms with Gasteiger partial charge >= 0.3 is 0 Å². The molecule has 0 radical (unpaired) electrons. The molecule has 1 aromatic carbocycles. The zero-order chi connectivity index (χ0) is 9.42. The summed E-state index contributed by atoms with van der Waals surface area (Å²) in [5.41, 5.74) is 4.11. The van der Waals surface area contributed by atoms with Crippen molar-refractivity contribution < 1.29 is 0 Å². The van der Waals surface area contributed by atoms with Crippen LogP contribution in [0.3, 0.4) is 0 Å². The lowest BCUT2D eigenvalue weighted by Crippen LogP contribution is -2.08. The maximum atomic E-state index is 3.50. The fourth-order valence-electron chi connectivity index (χ4n) is 1.71. The second-order valence-corrected chi connectivity index (χ2v) is 4.41. The summed E-state index contributed by atoms with van der Waals surface area (Å²) in [5, 5.41) is 0. The third-order valence-corrected chi connectivity index (χ3v) is 2.84. The molecule has 0 heterocycles. The number of halogens is 1. The van der Waals surface area contributed by atoms with E-state index in [1.807, 2.05) is 0 Å². The molecule has 0 aromatic heterocycles. The molecule has 13 heavy (non-hydrogen) atoms. The fourth-order valence-corrected chi connectivity index (χ4v) is 2.07. The molecule has 2 rings (SSSR count). The molecule has 1 aromatic rings. The normalized spacial score (nSPS) is 13.9. The van der Waals surface area contributed by atoms with E-state index >= 15 is 0 Å². The molecule has 0 unspecified atom stereocenters. The second kappa shape index (κ2) is 3.18. The van der Waals surface area contributed by atoms with Gasteiger partial charge in [0, 0.05) is 29.8 Å². The van der Waals surface area contributed by atoms with Crippen molar-refractivity contribution in [1.29, 1.82) is 0 Å². The van der Waals surface area contributed by atoms with Crippen molar-refractivity contribution in [3.05, 3.63) is 39.9 Å². The minimum absolute atomic E-state index is 1.07. The minimum atomic E-state index is 1.07. The molecule has 68 valence electrons. The quantitative estimate of drug-likeness (QED) is 0.727. The van der Waals surface area contributed by atoms with E-state index in [-0.39, 0.29) is 0 Å². The molecule has 2 heteroatoms. The topological polar surface area (TPSA) is 3.24 Å². The first-order chi connectivity index (χ1) is 6.18. The second-order valence-electron chi connectivity index (χ2n) is 3.49. The number of nitrogens with zero attached hydrogens (tertiary/aromatic N) is 1. The van der Waals surface area contributed by atoms with Crippen LogP contribution in [0.1, 0.15) is 11.1 Å². The summed E-state index contributed by atoms with van der Waals surface area (Å²) >= 11 is 3.50. The van der Waals surface area contributed by atoms with Gasteiger partial charge in [-0.3, -0.25) is 0 Å². The summed E-state index contributed by atoms with van der Waals surface area (Å²) in [5.74, 6) is 0. The SMILES string of the molecule is CN(C)C1=CCc2ccc(Br)cc21. The third-order valence-electron chi connectivity index (χ3n) is 2.34. The summed E-state index contributed by atoms with van der Waals surface area (Å²) in [4.78, 5) is 2.16. The van der Waals surface area contributed by atoms with Gasteiger partial charge in [-0.2, -0.15) is 0 Å². The summed E-state index contributed by atoms with van der Waals surface area (Å²) in [6.07, 6.45) is 3.34. The van der Waals surface area contributed by atoms with Gasteiger partial charge in [0.2, 0.25) is 0 Å². The van der Waals surface area contributed by atoms with Crippen LogP contribution in [0.4, 0.5) is 0 Å². The van der Waals surface area contributed by atoms with Crippen molar-refractivity contribution in [2.75, 3.05) is 14.1 Å². The van der Waals surface area contributed by atoms with Crippen molar-refractivity contribution in [1.82, 2.24) is 4.90 Å². The molecule has 1 nitrogen and oxygen atoms in total. The summed E-state index contributed by atoms with van der Waals surface area (Å²) in [6.45, 7) is 0. The largest absolute Gasteiger partial charge is 0.377 e. The van der Waals surface area contributed by atoms with Gasteiger partial charge in [0.05, 0.1) is 0 Å². The van der Waals surface area contributed by atoms with Crippen LogP contribution in [0.5, 0.6) is 0 Å². The first-order valence-electron chi connectivity index (χ1n) is 4.35. The number of hydrogen-bond acceptors (Lipinski definition) is 1. The zero-order valence-corrected chi connectivity index (χ0v) is 9.43. The van der Waals surface area contributed by atoms with Crippen molar-refractivity contribution in [3.63, 3.8) is 0 Å². The molecular weight excluding hydrogens is 226 g/mol. The predicted octanol–water partition coefficient (Wildman–Crippen LogP) is 2.91. The first-order valence-corrected chi connectivity index (χ1v) is 5.14. The van der Waals surface area contributed by atoms with Crippen LogP contribution in [-0.2, 0) is 6.42 Å². The van der Waals surface area contributed by atoms with E-state index in [0.717, 1.165) is 10.9 Å². The van der Waals surface area contributed by atoms with Crippen LogP contribution in [0.25, 0.3) is 5.70 Å². The monoisotopic (exact) mass is 237 g/mol. The van der Waals surface area contributed by atoms with E-state index in [1.165, 1.54) is 16.8 Å². The Bertz CT molecular complexity index is 366. The Balaban J connectivity index is 2.48. The summed E-state index contributed by atoms with van der Waals surface area (Å²) in [7, 11) is 4.17. The lowest BCUT2D eigenvalue weighted by atomic mass is 10.1. The van der Waals surface area contributed by atoms with Gasteiger partial charge in [-0.05, 0) is 24.1 Å². The maximum Gasteiger partial charge on any atom is 0.0400 e. The van der Waals surface area contributed by atoms with E-state index in [1.54, 1.807) is 0 Å². The van der Waals surface area contributed by atoms with Crippen LogP contribution in [0, 0.1) is 0 Å². The molecule has 0 N–H and O–H groups in total. The Kier molecular flexibility index (Phi) is 2.16. The molecule has 0 saturated heterocycles. The number of fused-ring (bicyclic) bond motifs is 1. The minimum Gasteiger partial charge on any atom is -0.377 e. The molecule has 0 amide bonds. The lowest BCUT2D eigenvalue weighted by Gasteiger charge is -2.15. The smallest absolute Gasteiger partial charge is 0.0400 e. The van der Waals surface area contributed by atoms with Crippen LogP contribution in [0.2, 0.25) is 0 Å². The molecule has 0 spiro atoms. The number of hydrogen-bond donors (Lipinski definition) is 0. The van der Waals surface area contributed by atoms with Crippen molar-refractivity contribution in [3.8, 4) is 0 Å². The van der Waals surface area contributed by atoms with Gasteiger partial charge in [0.25, 0.3) is 0 Å². The molecule has 1 aliphatic rings. The average Bonchev–Trinajstić information content (AvgIpc) is 2.46. The lowest BCUT2D eigenvalue weighted by molar-refractivity contribution is 0.593. The summed E-state index contributed by atoms with van der Waals surface area (Å²) in [6, 6.07) is 6.48. The van der Waals surface area contributed by atoms with E-state index in [0.29, 0.717) is 0 Å². The molecular formula is C11H12BrN. The Morgan fingerprint density at radius 3 is 2.77 bits per heavy atom. The molecule has 1 aliphatic carbocycles. The highest BCUT2D eigenvalue weighted by molar-refractivity contribution is 9.10. The van der Waals surface area contributed by atoms with Crippen molar-refractivity contribution >= 4 is 21.6 Å². The molecule has 0 aliphatic heterocycles. The van der Waals surface area contributed by atoms with Crippen molar-refractivity contribution in [2.45, 2.75) is 6.42 Å². The molecule has 0 bridgehead atoms. The van der Waals surface area contributed by atoms with E-state index in [9.17, 15) is 0 Å². The Hall–Kier alpha value is -0.760. The van der Waals surface area contributed by atoms with Gasteiger partial charge in [-0.1, -0.05) is 28.1 Å². The Morgan fingerprint density at radius 1 is 1.31 bits per heavy atom. The van der Waals surface area contributed by atoms with E-state index < -0.39 is 0 Å². The number of benzene rings is 1. The van der Waals surface area contributed by atoms with Gasteiger partial charge in [0.1, 0.15) is 0 Å². The van der Waals surface area contributed by atoms with Gasteiger partial charge in [-0.25, -0.2) is 0 Å². The van der Waals surface area contributed by atoms with Gasteiger partial charge < -0.3 is 4.90 Å². The highest BCUT2D eigenvalue weighted by Crippen LogP contribution is 2.30. The van der Waals surface area contributed by atoms with Gasteiger partial charge in [-0.15, -0.1) is 0 Å². The molecule has 0 fully saturated rings. The average molecular weight is 238 g/mol. The predicted molar refractivity (Wildman–Crippen MR) is 59.5 cm³/mol. The standard InChI is InChI=1S/C11H12BrN/c1-13(2)11-6-4-8-3-5-9(12)7-10(8)11/h3,5-7H,4H2,1-2H3. The van der Waals surface area contributed by atoms with Crippen LogP contribution >= 0.6 is 15.9 Å². The number of rotatable bonds is 1. The molecule has 0 atom stereocenters. The number of allylic oxidation sites excluding steroid dienone is 1. The Morgan fingerprint density at radius 2 is 2.08 bits per heavy atom. The molecule has 0 saturated carbocycles. The first kappa shape index (κ1) is 8.82. The zero-order valence-electron chi connectivity index (χ0n) is 7.84. The van der Waals surface area contributed by atoms with Gasteiger partial charge in [0.15, 0.2) is 0 Å². The van der Waals surface area contributed by atoms with E-state index in [4.69, 9.17) is 0 Å². The fraction of sp³-hybridized carbons (Fsp3) is 0.273. The highest BCUT2D eigenvalue weighted by atomic mass is 79.9. The summed E-state index contributed by atoms with van der Waals surface area (Å²) < 4.78 is 1.15. The Labute approximate surface area is 87.2 Å². The van der Waals surface area contributed by atoms with Crippen LogP contribution < -0.4 is 0 Å². The van der Waals surface area contributed by atoms with Crippen LogP contribution in [-0.4, -0.2) is 19.0 Å². The highest BCUT2D eigenvalue weighted by Gasteiger charge is 2.14. The van der Waals surface area contributed by atoms with Crippen LogP contribution in [0.15, 0.2) is 28.7 Å². The van der Waals surface area contributed by atoms with Crippen molar-refractivity contribution in [2.24, 2.45) is 0 Å². The maximum absolute atomic E-state index is 3.50. The third kappa shape index (κ3) is 1.51. The van der Waals surface area contributed by atoms with E-state index in [2.05, 4.69) is 59.2 Å².